The van der Waals surface area contributed by atoms with E-state index >= 15 is 0 Å². The minimum absolute atomic E-state index is 0.480. The second kappa shape index (κ2) is 5.11. The lowest BCUT2D eigenvalue weighted by atomic mass is 10.00. The van der Waals surface area contributed by atoms with Gasteiger partial charge >= 0.3 is 0 Å². The van der Waals surface area contributed by atoms with Gasteiger partial charge < -0.3 is 5.11 Å². The van der Waals surface area contributed by atoms with E-state index in [4.69, 9.17) is 0 Å². The Hall–Kier alpha value is -1.67. The first-order valence-corrected chi connectivity index (χ1v) is 5.82. The molecule has 0 saturated carbocycles. The predicted molar refractivity (Wildman–Crippen MR) is 68.8 cm³/mol. The fourth-order valence-electron chi connectivity index (χ4n) is 1.89. The Morgan fingerprint density at radius 2 is 1.88 bits per heavy atom. The molecule has 0 radical (unpaired) electrons. The zero-order valence-electron chi connectivity index (χ0n) is 10.2. The lowest BCUT2D eigenvalue weighted by Crippen LogP contribution is -2.05. The molecule has 1 aromatic carbocycles. The fraction of sp³-hybridized carbons (Fsp3) is 0.267. The van der Waals surface area contributed by atoms with Crippen molar-refractivity contribution in [3.05, 3.63) is 65.0 Å². The Bertz CT molecular complexity index is 491. The molecule has 1 unspecified atom stereocenters. The number of hydrogen-bond acceptors (Lipinski definition) is 2. The van der Waals surface area contributed by atoms with Crippen LogP contribution >= 0.6 is 0 Å². The van der Waals surface area contributed by atoms with Crippen LogP contribution in [0.5, 0.6) is 0 Å². The smallest absolute Gasteiger partial charge is 0.0848 e. The summed E-state index contributed by atoms with van der Waals surface area (Å²) in [5.74, 6) is 0. The molecule has 1 heterocycles. The predicted octanol–water partition coefficient (Wildman–Crippen LogP) is 2.97. The average Bonchev–Trinajstić information content (AvgIpc) is 2.32. The lowest BCUT2D eigenvalue weighted by molar-refractivity contribution is 0.176. The summed E-state index contributed by atoms with van der Waals surface area (Å²) in [4.78, 5) is 4.31. The fourth-order valence-corrected chi connectivity index (χ4v) is 1.89. The number of aryl methyl sites for hydroxylation is 2. The molecule has 0 bridgehead atoms. The van der Waals surface area contributed by atoms with E-state index < -0.39 is 6.10 Å². The number of aromatic nitrogens is 1. The average molecular weight is 227 g/mol. The molecule has 0 spiro atoms. The molecule has 2 aromatic rings. The van der Waals surface area contributed by atoms with Crippen molar-refractivity contribution in [2.75, 3.05) is 0 Å². The second-order valence-electron chi connectivity index (χ2n) is 4.40. The van der Waals surface area contributed by atoms with Crippen LogP contribution in [0.4, 0.5) is 0 Å². The maximum absolute atomic E-state index is 10.2. The summed E-state index contributed by atoms with van der Waals surface area (Å²) in [6.45, 7) is 4.02. The van der Waals surface area contributed by atoms with Gasteiger partial charge in [0.2, 0.25) is 0 Å². The van der Waals surface area contributed by atoms with E-state index in [2.05, 4.69) is 4.98 Å². The van der Waals surface area contributed by atoms with Crippen LogP contribution in [0.15, 0.2) is 42.6 Å². The van der Waals surface area contributed by atoms with Gasteiger partial charge in [-0.15, -0.1) is 0 Å². The summed E-state index contributed by atoms with van der Waals surface area (Å²) in [7, 11) is 0. The summed E-state index contributed by atoms with van der Waals surface area (Å²) in [5.41, 5.74) is 4.16. The minimum atomic E-state index is -0.480. The van der Waals surface area contributed by atoms with Gasteiger partial charge in [-0.05, 0) is 36.6 Å². The summed E-state index contributed by atoms with van der Waals surface area (Å²) >= 11 is 0. The van der Waals surface area contributed by atoms with Crippen LogP contribution in [0.25, 0.3) is 0 Å². The highest BCUT2D eigenvalue weighted by atomic mass is 16.3. The lowest BCUT2D eigenvalue weighted by Gasteiger charge is -2.13. The van der Waals surface area contributed by atoms with Gasteiger partial charge in [-0.3, -0.25) is 4.98 Å². The number of aliphatic hydroxyl groups excluding tert-OH is 1. The van der Waals surface area contributed by atoms with Gasteiger partial charge in [-0.25, -0.2) is 0 Å². The highest BCUT2D eigenvalue weighted by Crippen LogP contribution is 2.20. The number of rotatable bonds is 3. The van der Waals surface area contributed by atoms with Crippen molar-refractivity contribution in [3.63, 3.8) is 0 Å². The summed E-state index contributed by atoms with van der Waals surface area (Å²) in [5, 5.41) is 10.2. The number of pyridine rings is 1. The van der Waals surface area contributed by atoms with E-state index in [1.54, 1.807) is 0 Å². The van der Waals surface area contributed by atoms with Crippen molar-refractivity contribution in [2.45, 2.75) is 26.4 Å². The normalized spacial score (nSPS) is 12.4. The number of benzene rings is 1. The molecule has 0 aliphatic heterocycles. The van der Waals surface area contributed by atoms with E-state index in [0.29, 0.717) is 6.42 Å². The van der Waals surface area contributed by atoms with E-state index in [1.165, 1.54) is 0 Å². The van der Waals surface area contributed by atoms with Crippen LogP contribution in [0.2, 0.25) is 0 Å². The van der Waals surface area contributed by atoms with E-state index in [-0.39, 0.29) is 0 Å². The van der Waals surface area contributed by atoms with Gasteiger partial charge in [0, 0.05) is 18.3 Å². The third-order valence-electron chi connectivity index (χ3n) is 2.92. The van der Waals surface area contributed by atoms with Gasteiger partial charge in [0.05, 0.1) is 6.10 Å². The molecule has 88 valence electrons. The van der Waals surface area contributed by atoms with Gasteiger partial charge in [-0.1, -0.05) is 30.3 Å². The third-order valence-corrected chi connectivity index (χ3v) is 2.92. The van der Waals surface area contributed by atoms with Crippen LogP contribution < -0.4 is 0 Å². The molecular weight excluding hydrogens is 210 g/mol. The van der Waals surface area contributed by atoms with Crippen LogP contribution in [0.1, 0.15) is 28.5 Å². The monoisotopic (exact) mass is 227 g/mol. The maximum Gasteiger partial charge on any atom is 0.0848 e. The van der Waals surface area contributed by atoms with Crippen molar-refractivity contribution in [3.8, 4) is 0 Å². The van der Waals surface area contributed by atoms with Crippen LogP contribution in [0, 0.1) is 13.8 Å². The van der Waals surface area contributed by atoms with Crippen LogP contribution in [-0.2, 0) is 6.42 Å². The molecule has 2 nitrogen and oxygen atoms in total. The van der Waals surface area contributed by atoms with Crippen LogP contribution in [-0.4, -0.2) is 10.1 Å². The zero-order chi connectivity index (χ0) is 12.3. The maximum atomic E-state index is 10.2. The summed E-state index contributed by atoms with van der Waals surface area (Å²) < 4.78 is 0. The standard InChI is InChI=1S/C15H17NO/c1-11-7-8-13(16-10-11)9-15(17)14-6-4-3-5-12(14)2/h3-8,10,15,17H,9H2,1-2H3. The largest absolute Gasteiger partial charge is 0.388 e. The van der Waals surface area contributed by atoms with Crippen molar-refractivity contribution < 1.29 is 5.11 Å². The van der Waals surface area contributed by atoms with Crippen LogP contribution in [0.3, 0.4) is 0 Å². The summed E-state index contributed by atoms with van der Waals surface area (Å²) in [6, 6.07) is 11.9. The molecule has 1 N–H and O–H groups in total. The Morgan fingerprint density at radius 1 is 1.12 bits per heavy atom. The molecule has 0 amide bonds. The van der Waals surface area contributed by atoms with Gasteiger partial charge in [0.1, 0.15) is 0 Å². The van der Waals surface area contributed by atoms with E-state index in [0.717, 1.165) is 22.4 Å². The molecule has 2 heteroatoms. The van der Waals surface area contributed by atoms with Crippen molar-refractivity contribution in [1.29, 1.82) is 0 Å². The Labute approximate surface area is 102 Å². The topological polar surface area (TPSA) is 33.1 Å². The Morgan fingerprint density at radius 3 is 2.53 bits per heavy atom. The van der Waals surface area contributed by atoms with Crippen molar-refractivity contribution in [1.82, 2.24) is 4.98 Å². The molecule has 17 heavy (non-hydrogen) atoms. The quantitative estimate of drug-likeness (QED) is 0.874. The van der Waals surface area contributed by atoms with Crippen molar-refractivity contribution in [2.24, 2.45) is 0 Å². The first-order valence-electron chi connectivity index (χ1n) is 5.82. The van der Waals surface area contributed by atoms with E-state index in [9.17, 15) is 5.11 Å². The molecule has 1 aromatic heterocycles. The number of nitrogens with zero attached hydrogens (tertiary/aromatic N) is 1. The minimum Gasteiger partial charge on any atom is -0.388 e. The molecule has 2 rings (SSSR count). The van der Waals surface area contributed by atoms with Gasteiger partial charge in [-0.2, -0.15) is 0 Å². The first-order chi connectivity index (χ1) is 8.16. The van der Waals surface area contributed by atoms with Gasteiger partial charge in [0.25, 0.3) is 0 Å². The first kappa shape index (κ1) is 11.8. The molecule has 0 saturated heterocycles. The zero-order valence-corrected chi connectivity index (χ0v) is 10.2. The summed E-state index contributed by atoms with van der Waals surface area (Å²) in [6.07, 6.45) is 1.91. The van der Waals surface area contributed by atoms with Gasteiger partial charge in [0.15, 0.2) is 0 Å². The SMILES string of the molecule is Cc1ccc(CC(O)c2ccccc2C)nc1. The third kappa shape index (κ3) is 2.92. The van der Waals surface area contributed by atoms with E-state index in [1.807, 2.05) is 56.4 Å². The second-order valence-corrected chi connectivity index (χ2v) is 4.40. The molecule has 0 aliphatic rings. The Kier molecular flexibility index (Phi) is 3.55. The number of hydrogen-bond donors (Lipinski definition) is 1. The van der Waals surface area contributed by atoms with Crippen molar-refractivity contribution >= 4 is 0 Å². The Balaban J connectivity index is 2.14. The molecule has 0 fully saturated rings. The molecule has 1 atom stereocenters. The molecular formula is C15H17NO. The highest BCUT2D eigenvalue weighted by Gasteiger charge is 2.11. The number of aliphatic hydroxyl groups is 1. The highest BCUT2D eigenvalue weighted by molar-refractivity contribution is 5.28. The molecule has 0 aliphatic carbocycles.